The highest BCUT2D eigenvalue weighted by atomic mass is 16.7. The minimum atomic E-state index is -1.10. The van der Waals surface area contributed by atoms with Crippen molar-refractivity contribution in [1.29, 1.82) is 0 Å². The fourth-order valence-electron chi connectivity index (χ4n) is 8.45. The highest BCUT2D eigenvalue weighted by Gasteiger charge is 2.84. The molecule has 1 spiro atoms. The van der Waals surface area contributed by atoms with Crippen LogP contribution in [0.3, 0.4) is 0 Å². The largest absolute Gasteiger partial charge is 0.388 e. The minimum Gasteiger partial charge on any atom is -0.388 e. The second-order valence-corrected chi connectivity index (χ2v) is 10.9. The van der Waals surface area contributed by atoms with E-state index in [0.29, 0.717) is 6.42 Å². The summed E-state index contributed by atoms with van der Waals surface area (Å²) >= 11 is 0. The molecule has 5 fully saturated rings. The summed E-state index contributed by atoms with van der Waals surface area (Å²) < 4.78 is 19.4. The van der Waals surface area contributed by atoms with E-state index < -0.39 is 17.6 Å². The normalized spacial score (nSPS) is 53.7. The molecule has 0 aromatic heterocycles. The highest BCUT2D eigenvalue weighted by Crippen LogP contribution is 2.77. The first kappa shape index (κ1) is 20.3. The first-order chi connectivity index (χ1) is 14.8. The van der Waals surface area contributed by atoms with Gasteiger partial charge in [0.2, 0.25) is 0 Å². The molecule has 2 saturated heterocycles. The zero-order valence-electron chi connectivity index (χ0n) is 18.6. The standard InChI is InChI=1S/C25H32O6/c1-4-5-21-29-19-11-17-16-7-6-14-10-15(27)8-9-22(14,2)24(16)20(30-24)12-23(17,3)25(19,31-21)18(28)13-26/h8-10,16-17,19-21,26H,4-7,11-13H2,1-3H3/t16-,17-,19+,20?,21?,22-,23-,24?,25+/m0/s1. The van der Waals surface area contributed by atoms with Crippen LogP contribution in [0, 0.1) is 22.7 Å². The third kappa shape index (κ3) is 2.14. The van der Waals surface area contributed by atoms with Gasteiger partial charge in [-0.2, -0.15) is 0 Å². The molecule has 0 radical (unpaired) electrons. The number of rotatable bonds is 4. The summed E-state index contributed by atoms with van der Waals surface area (Å²) in [5, 5.41) is 9.92. The van der Waals surface area contributed by atoms with E-state index in [1.165, 1.54) is 5.57 Å². The Morgan fingerprint density at radius 2 is 2.03 bits per heavy atom. The molecule has 1 N–H and O–H groups in total. The number of hydrogen-bond donors (Lipinski definition) is 1. The Bertz CT molecular complexity index is 923. The van der Waals surface area contributed by atoms with Crippen molar-refractivity contribution in [1.82, 2.24) is 0 Å². The van der Waals surface area contributed by atoms with Gasteiger partial charge in [-0.1, -0.05) is 31.9 Å². The van der Waals surface area contributed by atoms with Crippen molar-refractivity contribution >= 4 is 11.6 Å². The Hall–Kier alpha value is -1.34. The molecule has 6 aliphatic rings. The lowest BCUT2D eigenvalue weighted by Gasteiger charge is -2.55. The van der Waals surface area contributed by atoms with E-state index in [0.717, 1.165) is 32.1 Å². The number of ketones is 2. The van der Waals surface area contributed by atoms with Crippen molar-refractivity contribution in [2.75, 3.05) is 6.61 Å². The van der Waals surface area contributed by atoms with Gasteiger partial charge < -0.3 is 19.3 Å². The number of fused-ring (bicyclic) bond motifs is 5. The summed E-state index contributed by atoms with van der Waals surface area (Å²) in [5.41, 5.74) is -0.963. The summed E-state index contributed by atoms with van der Waals surface area (Å²) in [4.78, 5) is 25.3. The zero-order valence-corrected chi connectivity index (χ0v) is 18.6. The molecule has 2 heterocycles. The molecule has 31 heavy (non-hydrogen) atoms. The van der Waals surface area contributed by atoms with Crippen LogP contribution in [0.5, 0.6) is 0 Å². The lowest BCUT2D eigenvalue weighted by Crippen LogP contribution is -2.63. The van der Waals surface area contributed by atoms with E-state index in [-0.39, 0.29) is 52.9 Å². The predicted molar refractivity (Wildman–Crippen MR) is 111 cm³/mol. The number of ether oxygens (including phenoxy) is 3. The van der Waals surface area contributed by atoms with Crippen LogP contribution in [0.2, 0.25) is 0 Å². The fraction of sp³-hybridized carbons (Fsp3) is 0.760. The third-order valence-corrected chi connectivity index (χ3v) is 9.81. The molecule has 0 aromatic carbocycles. The fourth-order valence-corrected chi connectivity index (χ4v) is 8.45. The summed E-state index contributed by atoms with van der Waals surface area (Å²) in [5.74, 6) is 0.285. The molecule has 3 unspecified atom stereocenters. The molecular weight excluding hydrogens is 396 g/mol. The van der Waals surface area contributed by atoms with Gasteiger partial charge in [0.25, 0.3) is 0 Å². The van der Waals surface area contributed by atoms with Crippen LogP contribution in [0.1, 0.15) is 59.3 Å². The maximum absolute atomic E-state index is 13.3. The van der Waals surface area contributed by atoms with Gasteiger partial charge in [0.1, 0.15) is 12.2 Å². The average molecular weight is 429 g/mol. The summed E-state index contributed by atoms with van der Waals surface area (Å²) in [7, 11) is 0. The van der Waals surface area contributed by atoms with Crippen LogP contribution in [0.15, 0.2) is 23.8 Å². The Morgan fingerprint density at radius 1 is 1.23 bits per heavy atom. The van der Waals surface area contributed by atoms with Gasteiger partial charge in [-0.3, -0.25) is 9.59 Å². The number of carbonyl (C=O) groups is 2. The van der Waals surface area contributed by atoms with Crippen LogP contribution in [-0.4, -0.2) is 53.0 Å². The molecule has 4 aliphatic carbocycles. The Kier molecular flexibility index (Phi) is 4.03. The molecule has 3 saturated carbocycles. The van der Waals surface area contributed by atoms with Crippen LogP contribution in [0.4, 0.5) is 0 Å². The predicted octanol–water partition coefficient (Wildman–Crippen LogP) is 2.88. The SMILES string of the molecule is CCCC1O[C@@H]2C[C@H]3[C@@H]4CCC5=CC(=O)C=C[C@]5(C)C45OC5C[C@]3(C)[C@]2(C(=O)CO)O1. The molecule has 6 nitrogen and oxygen atoms in total. The van der Waals surface area contributed by atoms with Gasteiger partial charge in [-0.25, -0.2) is 0 Å². The van der Waals surface area contributed by atoms with Gasteiger partial charge in [0, 0.05) is 10.8 Å². The minimum absolute atomic E-state index is 0.0150. The van der Waals surface area contributed by atoms with Crippen LogP contribution in [0.25, 0.3) is 0 Å². The van der Waals surface area contributed by atoms with Crippen LogP contribution < -0.4 is 0 Å². The number of carbonyl (C=O) groups excluding carboxylic acids is 2. The van der Waals surface area contributed by atoms with Crippen LogP contribution >= 0.6 is 0 Å². The third-order valence-electron chi connectivity index (χ3n) is 9.81. The van der Waals surface area contributed by atoms with Crippen molar-refractivity contribution in [3.63, 3.8) is 0 Å². The van der Waals surface area contributed by atoms with Crippen molar-refractivity contribution in [3.8, 4) is 0 Å². The molecule has 0 aromatic rings. The number of aliphatic hydroxyl groups excluding tert-OH is 1. The number of aliphatic hydroxyl groups is 1. The quantitative estimate of drug-likeness (QED) is 0.693. The monoisotopic (exact) mass is 428 g/mol. The van der Waals surface area contributed by atoms with E-state index in [4.69, 9.17) is 14.2 Å². The first-order valence-electron chi connectivity index (χ1n) is 11.9. The van der Waals surface area contributed by atoms with Gasteiger partial charge in [-0.15, -0.1) is 0 Å². The van der Waals surface area contributed by atoms with Crippen LogP contribution in [-0.2, 0) is 23.8 Å². The van der Waals surface area contributed by atoms with Crippen molar-refractivity contribution in [2.24, 2.45) is 22.7 Å². The lowest BCUT2D eigenvalue weighted by molar-refractivity contribution is -0.181. The molecule has 2 aliphatic heterocycles. The molecule has 0 bridgehead atoms. The summed E-state index contributed by atoms with van der Waals surface area (Å²) in [6, 6.07) is 0. The average Bonchev–Trinajstić information content (AvgIpc) is 3.25. The molecule has 6 rings (SSSR count). The van der Waals surface area contributed by atoms with Crippen molar-refractivity contribution < 1.29 is 28.9 Å². The zero-order chi connectivity index (χ0) is 21.8. The van der Waals surface area contributed by atoms with Crippen molar-refractivity contribution in [3.05, 3.63) is 23.8 Å². The van der Waals surface area contributed by atoms with E-state index in [2.05, 4.69) is 26.8 Å². The van der Waals surface area contributed by atoms with Gasteiger partial charge >= 0.3 is 0 Å². The molecule has 168 valence electrons. The highest BCUT2D eigenvalue weighted by molar-refractivity contribution is 6.01. The lowest BCUT2D eigenvalue weighted by atomic mass is 9.46. The second-order valence-electron chi connectivity index (χ2n) is 10.9. The topological polar surface area (TPSA) is 85.4 Å². The Morgan fingerprint density at radius 3 is 2.77 bits per heavy atom. The summed E-state index contributed by atoms with van der Waals surface area (Å²) in [6.07, 6.45) is 9.80. The maximum atomic E-state index is 13.3. The van der Waals surface area contributed by atoms with Gasteiger partial charge in [0.05, 0.1) is 12.2 Å². The molecule has 0 amide bonds. The van der Waals surface area contributed by atoms with Gasteiger partial charge in [0.15, 0.2) is 23.5 Å². The Labute approximate surface area is 183 Å². The smallest absolute Gasteiger partial charge is 0.193 e. The van der Waals surface area contributed by atoms with E-state index in [1.54, 1.807) is 12.2 Å². The number of Topliss-reactive ketones (excluding diaryl/α,β-unsaturated/α-hetero) is 1. The maximum Gasteiger partial charge on any atom is 0.193 e. The van der Waals surface area contributed by atoms with Gasteiger partial charge in [-0.05, 0) is 63.0 Å². The molecular formula is C25H32O6. The van der Waals surface area contributed by atoms with E-state index in [1.807, 2.05) is 0 Å². The number of allylic oxidation sites excluding steroid dienone is 2. The number of epoxide rings is 1. The van der Waals surface area contributed by atoms with Crippen molar-refractivity contribution in [2.45, 2.75) is 89.0 Å². The molecule has 9 atom stereocenters. The summed E-state index contributed by atoms with van der Waals surface area (Å²) in [6.45, 7) is 5.93. The number of hydrogen-bond acceptors (Lipinski definition) is 6. The Balaban J connectivity index is 1.42. The first-order valence-corrected chi connectivity index (χ1v) is 11.9. The van der Waals surface area contributed by atoms with E-state index >= 15 is 0 Å². The van der Waals surface area contributed by atoms with E-state index in [9.17, 15) is 14.7 Å². The molecule has 6 heteroatoms. The second kappa shape index (κ2) is 6.16.